The molecule has 0 unspecified atom stereocenters. The molecule has 2 aromatic heterocycles. The zero-order valence-corrected chi connectivity index (χ0v) is 11.7. The number of hydrogen-bond donors (Lipinski definition) is 1. The maximum Gasteiger partial charge on any atom is 0.277 e. The number of pyridine rings is 1. The SMILES string of the molecule is CCn1nc(C)c2ccn(CC(=O)NC3CC3)c(=O)c21. The van der Waals surface area contributed by atoms with Crippen LogP contribution in [0.3, 0.4) is 0 Å². The van der Waals surface area contributed by atoms with Gasteiger partial charge >= 0.3 is 0 Å². The van der Waals surface area contributed by atoms with Gasteiger partial charge in [0.1, 0.15) is 12.1 Å². The molecule has 0 atom stereocenters. The second kappa shape index (κ2) is 4.77. The van der Waals surface area contributed by atoms with E-state index in [1.165, 1.54) is 4.57 Å². The Hall–Kier alpha value is -2.11. The summed E-state index contributed by atoms with van der Waals surface area (Å²) in [5.74, 6) is -0.103. The molecule has 1 fully saturated rings. The van der Waals surface area contributed by atoms with E-state index in [0.29, 0.717) is 18.1 Å². The summed E-state index contributed by atoms with van der Waals surface area (Å²) in [6, 6.07) is 2.17. The first-order chi connectivity index (χ1) is 9.60. The smallest absolute Gasteiger partial charge is 0.277 e. The van der Waals surface area contributed by atoms with Crippen molar-refractivity contribution in [2.45, 2.75) is 45.8 Å². The van der Waals surface area contributed by atoms with Gasteiger partial charge in [-0.2, -0.15) is 5.10 Å². The Morgan fingerprint density at radius 1 is 1.50 bits per heavy atom. The summed E-state index contributed by atoms with van der Waals surface area (Å²) in [5, 5.41) is 8.10. The second-order valence-electron chi connectivity index (χ2n) is 5.25. The van der Waals surface area contributed by atoms with Gasteiger partial charge in [0, 0.05) is 24.2 Å². The van der Waals surface area contributed by atoms with E-state index < -0.39 is 0 Å². The van der Waals surface area contributed by atoms with Gasteiger partial charge < -0.3 is 9.88 Å². The van der Waals surface area contributed by atoms with Crippen molar-refractivity contribution >= 4 is 16.8 Å². The third-order valence-electron chi connectivity index (χ3n) is 3.61. The zero-order chi connectivity index (χ0) is 14.3. The van der Waals surface area contributed by atoms with Gasteiger partial charge in [-0.05, 0) is 32.8 Å². The van der Waals surface area contributed by atoms with E-state index in [4.69, 9.17) is 0 Å². The third kappa shape index (κ3) is 2.21. The molecule has 1 aliphatic carbocycles. The molecule has 1 aliphatic rings. The summed E-state index contributed by atoms with van der Waals surface area (Å²) < 4.78 is 3.15. The highest BCUT2D eigenvalue weighted by molar-refractivity contribution is 5.81. The number of aryl methyl sites for hydroxylation is 2. The minimum absolute atomic E-state index is 0.0687. The maximum atomic E-state index is 12.5. The third-order valence-corrected chi connectivity index (χ3v) is 3.61. The molecule has 0 radical (unpaired) electrons. The molecule has 6 nitrogen and oxygen atoms in total. The van der Waals surface area contributed by atoms with Crippen LogP contribution in [-0.4, -0.2) is 26.3 Å². The first-order valence-corrected chi connectivity index (χ1v) is 6.96. The molecule has 106 valence electrons. The van der Waals surface area contributed by atoms with Crippen LogP contribution in [0.4, 0.5) is 0 Å². The van der Waals surface area contributed by atoms with Crippen molar-refractivity contribution < 1.29 is 4.79 Å². The molecule has 0 aliphatic heterocycles. The Labute approximate surface area is 116 Å². The van der Waals surface area contributed by atoms with Crippen LogP contribution in [0.15, 0.2) is 17.1 Å². The van der Waals surface area contributed by atoms with E-state index in [0.717, 1.165) is 23.9 Å². The summed E-state index contributed by atoms with van der Waals surface area (Å²) in [7, 11) is 0. The average molecular weight is 274 g/mol. The quantitative estimate of drug-likeness (QED) is 0.897. The van der Waals surface area contributed by atoms with E-state index in [1.807, 2.05) is 19.9 Å². The van der Waals surface area contributed by atoms with E-state index in [9.17, 15) is 9.59 Å². The van der Waals surface area contributed by atoms with E-state index >= 15 is 0 Å². The fourth-order valence-electron chi connectivity index (χ4n) is 2.40. The van der Waals surface area contributed by atoms with Gasteiger partial charge in [-0.3, -0.25) is 14.3 Å². The van der Waals surface area contributed by atoms with Crippen LogP contribution >= 0.6 is 0 Å². The van der Waals surface area contributed by atoms with Gasteiger partial charge in [0.25, 0.3) is 5.56 Å². The maximum absolute atomic E-state index is 12.5. The minimum atomic E-state index is -0.157. The number of hydrogen-bond acceptors (Lipinski definition) is 3. The molecule has 6 heteroatoms. The first-order valence-electron chi connectivity index (χ1n) is 6.96. The zero-order valence-electron chi connectivity index (χ0n) is 11.7. The van der Waals surface area contributed by atoms with Crippen LogP contribution in [0.1, 0.15) is 25.5 Å². The standard InChI is InChI=1S/C14H18N4O2/c1-3-18-13-11(9(2)16-18)6-7-17(14(13)20)8-12(19)15-10-4-5-10/h6-7,10H,3-5,8H2,1-2H3,(H,15,19). The number of nitrogens with zero attached hydrogens (tertiary/aromatic N) is 3. The normalized spacial score (nSPS) is 14.7. The van der Waals surface area contributed by atoms with Crippen LogP contribution in [0.2, 0.25) is 0 Å². The number of rotatable bonds is 4. The van der Waals surface area contributed by atoms with Crippen LogP contribution in [0.25, 0.3) is 10.9 Å². The number of carbonyl (C=O) groups is 1. The molecule has 3 rings (SSSR count). The molecule has 0 aromatic carbocycles. The Morgan fingerprint density at radius 2 is 2.25 bits per heavy atom. The second-order valence-corrected chi connectivity index (χ2v) is 5.25. The lowest BCUT2D eigenvalue weighted by Gasteiger charge is -2.07. The van der Waals surface area contributed by atoms with Crippen LogP contribution < -0.4 is 10.9 Å². The molecule has 0 saturated heterocycles. The van der Waals surface area contributed by atoms with Crippen molar-refractivity contribution in [2.75, 3.05) is 0 Å². The Kier molecular flexibility index (Phi) is 3.08. The van der Waals surface area contributed by atoms with Crippen molar-refractivity contribution in [2.24, 2.45) is 0 Å². The van der Waals surface area contributed by atoms with Gasteiger partial charge in [0.15, 0.2) is 0 Å². The summed E-state index contributed by atoms with van der Waals surface area (Å²) in [5.41, 5.74) is 1.26. The fraction of sp³-hybridized carbons (Fsp3) is 0.500. The van der Waals surface area contributed by atoms with Gasteiger partial charge in [0.05, 0.1) is 5.69 Å². The first kappa shape index (κ1) is 12.9. The molecule has 0 bridgehead atoms. The van der Waals surface area contributed by atoms with Crippen molar-refractivity contribution in [3.63, 3.8) is 0 Å². The van der Waals surface area contributed by atoms with Crippen LogP contribution in [0.5, 0.6) is 0 Å². The molecule has 20 heavy (non-hydrogen) atoms. The van der Waals surface area contributed by atoms with E-state index in [-0.39, 0.29) is 18.0 Å². The van der Waals surface area contributed by atoms with Crippen molar-refractivity contribution in [3.8, 4) is 0 Å². The Morgan fingerprint density at radius 3 is 2.90 bits per heavy atom. The number of fused-ring (bicyclic) bond motifs is 1. The van der Waals surface area contributed by atoms with Crippen LogP contribution in [0, 0.1) is 6.92 Å². The van der Waals surface area contributed by atoms with Crippen molar-refractivity contribution in [1.82, 2.24) is 19.7 Å². The number of nitrogens with one attached hydrogen (secondary N) is 1. The largest absolute Gasteiger partial charge is 0.352 e. The Balaban J connectivity index is 1.97. The average Bonchev–Trinajstić information content (AvgIpc) is 3.15. The summed E-state index contributed by atoms with van der Waals surface area (Å²) in [6.07, 6.45) is 3.76. The van der Waals surface area contributed by atoms with Gasteiger partial charge in [-0.15, -0.1) is 0 Å². The van der Waals surface area contributed by atoms with Crippen LogP contribution in [-0.2, 0) is 17.9 Å². The van der Waals surface area contributed by atoms with Gasteiger partial charge in [0.2, 0.25) is 5.91 Å². The molecular weight excluding hydrogens is 256 g/mol. The monoisotopic (exact) mass is 274 g/mol. The molecule has 2 heterocycles. The van der Waals surface area contributed by atoms with E-state index in [2.05, 4.69) is 10.4 Å². The molecule has 2 aromatic rings. The minimum Gasteiger partial charge on any atom is -0.352 e. The predicted octanol–water partition coefficient (Wildman–Crippen LogP) is 0.805. The summed E-state index contributed by atoms with van der Waals surface area (Å²) in [6.45, 7) is 4.54. The summed E-state index contributed by atoms with van der Waals surface area (Å²) >= 11 is 0. The lowest BCUT2D eigenvalue weighted by molar-refractivity contribution is -0.121. The predicted molar refractivity (Wildman–Crippen MR) is 75.6 cm³/mol. The molecule has 1 N–H and O–H groups in total. The number of aromatic nitrogens is 3. The molecular formula is C14H18N4O2. The van der Waals surface area contributed by atoms with Gasteiger partial charge in [-0.1, -0.05) is 0 Å². The number of amides is 1. The highest BCUT2D eigenvalue weighted by Gasteiger charge is 2.23. The highest BCUT2D eigenvalue weighted by atomic mass is 16.2. The van der Waals surface area contributed by atoms with Gasteiger partial charge in [-0.25, -0.2) is 0 Å². The molecule has 0 spiro atoms. The highest BCUT2D eigenvalue weighted by Crippen LogP contribution is 2.18. The lowest BCUT2D eigenvalue weighted by Crippen LogP contribution is -2.33. The molecule has 1 saturated carbocycles. The topological polar surface area (TPSA) is 68.9 Å². The summed E-state index contributed by atoms with van der Waals surface area (Å²) in [4.78, 5) is 24.3. The Bertz CT molecular complexity index is 725. The molecule has 1 amide bonds. The van der Waals surface area contributed by atoms with Crippen molar-refractivity contribution in [1.29, 1.82) is 0 Å². The van der Waals surface area contributed by atoms with Crippen molar-refractivity contribution in [3.05, 3.63) is 28.3 Å². The lowest BCUT2D eigenvalue weighted by atomic mass is 10.2. The van der Waals surface area contributed by atoms with E-state index in [1.54, 1.807) is 10.9 Å². The fourth-order valence-corrected chi connectivity index (χ4v) is 2.40. The number of carbonyl (C=O) groups excluding carboxylic acids is 1.